The number of rotatable bonds is 10. The number of piperidine rings is 1. The van der Waals surface area contributed by atoms with Crippen molar-refractivity contribution in [3.8, 4) is 34.4 Å². The molecule has 0 spiro atoms. The van der Waals surface area contributed by atoms with Crippen molar-refractivity contribution in [1.82, 2.24) is 35.8 Å². The number of hydrogen-bond acceptors (Lipinski definition) is 11. The normalized spacial score (nSPS) is 13.7. The molecule has 5 aromatic rings. The lowest BCUT2D eigenvalue weighted by molar-refractivity contribution is -0.124. The molecule has 1 aliphatic heterocycles. The van der Waals surface area contributed by atoms with Crippen molar-refractivity contribution >= 4 is 28.8 Å². The number of nitrogens with one attached hydrogen (secondary N) is 2. The number of hydrogen-bond donors (Lipinski definition) is 4. The summed E-state index contributed by atoms with van der Waals surface area (Å²) >= 11 is 0. The van der Waals surface area contributed by atoms with Crippen molar-refractivity contribution in [3.05, 3.63) is 95.2 Å². The largest absolute Gasteiger partial charge is 0.389 e. The molecule has 13 nitrogen and oxygen atoms in total. The van der Waals surface area contributed by atoms with Gasteiger partial charge >= 0.3 is 0 Å². The Labute approximate surface area is 293 Å². The van der Waals surface area contributed by atoms with Crippen LogP contribution < -0.4 is 15.7 Å². The Morgan fingerprint density at radius 2 is 1.84 bits per heavy atom. The lowest BCUT2D eigenvalue weighted by Gasteiger charge is -2.34. The van der Waals surface area contributed by atoms with E-state index in [-0.39, 0.29) is 18.2 Å². The van der Waals surface area contributed by atoms with Crippen LogP contribution in [0.25, 0.3) is 39.4 Å². The Kier molecular flexibility index (Phi) is 10.1. The highest BCUT2D eigenvalue weighted by molar-refractivity contribution is 5.93. The zero-order valence-corrected chi connectivity index (χ0v) is 28.0. The molecular weight excluding hydrogens is 651 g/mol. The van der Waals surface area contributed by atoms with Crippen molar-refractivity contribution in [2.24, 2.45) is 0 Å². The Balaban J connectivity index is 1.25. The highest BCUT2D eigenvalue weighted by Crippen LogP contribution is 2.40. The van der Waals surface area contributed by atoms with Crippen molar-refractivity contribution in [2.75, 3.05) is 18.0 Å². The summed E-state index contributed by atoms with van der Waals surface area (Å²) in [4.78, 5) is 22.4. The molecule has 0 atom stereocenters. The Bertz CT molecular complexity index is 2190. The lowest BCUT2D eigenvalue weighted by Crippen LogP contribution is -2.42. The summed E-state index contributed by atoms with van der Waals surface area (Å²) in [6.07, 6.45) is 7.69. The van der Waals surface area contributed by atoms with Crippen LogP contribution in [0.2, 0.25) is 0 Å². The standard InChI is InChI=1S/C37H35FN10O3/c1-37(2,50)22-48-33-9-6-24(16-32(33)44-46-48)30-21-43-36(29(18-40)35(30)25-4-5-26(17-39)31(38)15-25)47-13-11-28(12-14-47)42-20-23-3-7-27(41-19-23)8-10-34(49)45-51/h3-10,15-16,19,21,28,42,50-51H,11-14,20,22H2,1-2H3,(H,45,49)/b10-8+. The van der Waals surface area contributed by atoms with Crippen LogP contribution in [0.5, 0.6) is 0 Å². The Morgan fingerprint density at radius 3 is 2.51 bits per heavy atom. The summed E-state index contributed by atoms with van der Waals surface area (Å²) in [6, 6.07) is 18.0. The molecule has 4 heterocycles. The van der Waals surface area contributed by atoms with Gasteiger partial charge in [0, 0.05) is 55.3 Å². The fourth-order valence-corrected chi connectivity index (χ4v) is 6.14. The van der Waals surface area contributed by atoms with Crippen LogP contribution in [-0.4, -0.2) is 65.9 Å². The second-order valence-electron chi connectivity index (χ2n) is 13.0. The van der Waals surface area contributed by atoms with Gasteiger partial charge in [-0.1, -0.05) is 23.4 Å². The molecule has 6 rings (SSSR count). The molecule has 2 aromatic carbocycles. The highest BCUT2D eigenvalue weighted by Gasteiger charge is 2.26. The second-order valence-corrected chi connectivity index (χ2v) is 13.0. The predicted octanol–water partition coefficient (Wildman–Crippen LogP) is 4.49. The number of amides is 1. The van der Waals surface area contributed by atoms with Crippen molar-refractivity contribution in [3.63, 3.8) is 0 Å². The van der Waals surface area contributed by atoms with E-state index in [9.17, 15) is 20.4 Å². The fourth-order valence-electron chi connectivity index (χ4n) is 6.14. The van der Waals surface area contributed by atoms with Gasteiger partial charge in [-0.2, -0.15) is 10.5 Å². The first-order valence-electron chi connectivity index (χ1n) is 16.3. The predicted molar refractivity (Wildman–Crippen MR) is 187 cm³/mol. The summed E-state index contributed by atoms with van der Waals surface area (Å²) in [5, 5.41) is 51.0. The minimum Gasteiger partial charge on any atom is -0.389 e. The fraction of sp³-hybridized carbons (Fsp3) is 0.270. The quantitative estimate of drug-likeness (QED) is 0.0921. The third kappa shape index (κ3) is 7.90. The van der Waals surface area contributed by atoms with E-state index in [1.165, 1.54) is 29.8 Å². The Morgan fingerprint density at radius 1 is 1.06 bits per heavy atom. The number of nitriles is 2. The van der Waals surface area contributed by atoms with Gasteiger partial charge in [0.25, 0.3) is 5.91 Å². The maximum absolute atomic E-state index is 15.0. The number of fused-ring (bicyclic) bond motifs is 1. The molecule has 14 heteroatoms. The van der Waals surface area contributed by atoms with Gasteiger partial charge in [0.1, 0.15) is 34.9 Å². The molecule has 51 heavy (non-hydrogen) atoms. The van der Waals surface area contributed by atoms with Crippen LogP contribution in [0, 0.1) is 28.5 Å². The van der Waals surface area contributed by atoms with Gasteiger partial charge in [0.05, 0.1) is 28.9 Å². The third-order valence-corrected chi connectivity index (χ3v) is 8.66. The van der Waals surface area contributed by atoms with E-state index in [4.69, 9.17) is 10.2 Å². The highest BCUT2D eigenvalue weighted by atomic mass is 19.1. The van der Waals surface area contributed by atoms with Gasteiger partial charge in [-0.15, -0.1) is 5.10 Å². The van der Waals surface area contributed by atoms with Crippen molar-refractivity contribution < 1.29 is 19.5 Å². The van der Waals surface area contributed by atoms with Crippen molar-refractivity contribution in [2.45, 2.75) is 51.4 Å². The Hall–Kier alpha value is -6.06. The summed E-state index contributed by atoms with van der Waals surface area (Å²) in [7, 11) is 0. The van der Waals surface area contributed by atoms with Gasteiger partial charge in [-0.3, -0.25) is 15.0 Å². The van der Waals surface area contributed by atoms with E-state index in [1.807, 2.05) is 30.3 Å². The van der Waals surface area contributed by atoms with E-state index in [0.717, 1.165) is 23.9 Å². The molecule has 1 saturated heterocycles. The molecule has 0 aliphatic carbocycles. The monoisotopic (exact) mass is 686 g/mol. The molecule has 0 unspecified atom stereocenters. The number of hydroxylamine groups is 1. The third-order valence-electron chi connectivity index (χ3n) is 8.66. The molecule has 4 N–H and O–H groups in total. The first-order chi connectivity index (χ1) is 24.6. The maximum Gasteiger partial charge on any atom is 0.267 e. The first kappa shape index (κ1) is 34.8. The maximum atomic E-state index is 15.0. The number of carbonyl (C=O) groups excluding carboxylic acids is 1. The molecule has 0 radical (unpaired) electrons. The topological polar surface area (TPSA) is 189 Å². The average Bonchev–Trinajstić information content (AvgIpc) is 3.53. The summed E-state index contributed by atoms with van der Waals surface area (Å²) in [5.74, 6) is -0.820. The minimum absolute atomic E-state index is 0.0943. The average molecular weight is 687 g/mol. The molecule has 3 aromatic heterocycles. The van der Waals surface area contributed by atoms with E-state index >= 15 is 4.39 Å². The number of halogens is 1. The van der Waals surface area contributed by atoms with Crippen molar-refractivity contribution in [1.29, 1.82) is 10.5 Å². The first-order valence-corrected chi connectivity index (χ1v) is 16.3. The number of pyridine rings is 2. The van der Waals surface area contributed by atoms with Crippen LogP contribution in [0.15, 0.2) is 67.0 Å². The van der Waals surface area contributed by atoms with Gasteiger partial charge in [-0.25, -0.2) is 19.5 Å². The molecule has 1 fully saturated rings. The van der Waals surface area contributed by atoms with E-state index in [0.29, 0.717) is 64.5 Å². The van der Waals surface area contributed by atoms with E-state index < -0.39 is 17.3 Å². The smallest absolute Gasteiger partial charge is 0.267 e. The summed E-state index contributed by atoms with van der Waals surface area (Å²) in [5.41, 5.74) is 5.85. The molecule has 258 valence electrons. The van der Waals surface area contributed by atoms with Crippen LogP contribution in [0.1, 0.15) is 49.1 Å². The number of carbonyl (C=O) groups is 1. The zero-order valence-electron chi connectivity index (χ0n) is 28.0. The lowest BCUT2D eigenvalue weighted by atomic mass is 9.91. The van der Waals surface area contributed by atoms with E-state index in [1.54, 1.807) is 43.1 Å². The molecule has 1 aliphatic rings. The molecule has 0 saturated carbocycles. The van der Waals surface area contributed by atoms with Gasteiger partial charge < -0.3 is 15.3 Å². The van der Waals surface area contributed by atoms with Gasteiger partial charge in [0.15, 0.2) is 0 Å². The van der Waals surface area contributed by atoms with Crippen LogP contribution in [0.3, 0.4) is 0 Å². The van der Waals surface area contributed by atoms with Crippen LogP contribution in [-0.2, 0) is 17.9 Å². The summed E-state index contributed by atoms with van der Waals surface area (Å²) in [6.45, 7) is 5.49. The molecule has 1 amide bonds. The van der Waals surface area contributed by atoms with Gasteiger partial charge in [-0.05, 0) is 79.8 Å². The van der Waals surface area contributed by atoms with Crippen LogP contribution in [0.4, 0.5) is 10.2 Å². The van der Waals surface area contributed by atoms with Gasteiger partial charge in [0.2, 0.25) is 0 Å². The molecular formula is C37H35FN10O3. The zero-order chi connectivity index (χ0) is 36.1. The molecule has 0 bridgehead atoms. The number of benzene rings is 2. The number of aliphatic hydroxyl groups is 1. The van der Waals surface area contributed by atoms with E-state index in [2.05, 4.69) is 31.6 Å². The number of aromatic nitrogens is 5. The van der Waals surface area contributed by atoms with Crippen LogP contribution >= 0.6 is 0 Å². The number of anilines is 1. The number of nitrogens with zero attached hydrogens (tertiary/aromatic N) is 8. The second kappa shape index (κ2) is 14.8. The SMILES string of the molecule is CC(C)(O)Cn1nnc2cc(-c3cnc(N4CCC(NCc5ccc(/C=C/C(=O)NO)nc5)CC4)c(C#N)c3-c3ccc(C#N)c(F)c3)ccc21. The minimum atomic E-state index is -0.996. The summed E-state index contributed by atoms with van der Waals surface area (Å²) < 4.78 is 16.7.